The van der Waals surface area contributed by atoms with Crippen LogP contribution in [0.4, 0.5) is 11.4 Å². The predicted molar refractivity (Wildman–Crippen MR) is 202 cm³/mol. The summed E-state index contributed by atoms with van der Waals surface area (Å²) >= 11 is 0. The highest BCUT2D eigenvalue weighted by molar-refractivity contribution is 6.15. The molecule has 1 aliphatic heterocycles. The summed E-state index contributed by atoms with van der Waals surface area (Å²) in [5, 5.41) is 3.91. The summed E-state index contributed by atoms with van der Waals surface area (Å²) in [6.07, 6.45) is 4.88. The van der Waals surface area contributed by atoms with Gasteiger partial charge in [-0.25, -0.2) is 0 Å². The highest BCUT2D eigenvalue weighted by Gasteiger charge is 2.50. The number of aromatic amines is 1. The number of hydrogen-bond donors (Lipinski definition) is 1. The van der Waals surface area contributed by atoms with Gasteiger partial charge in [0.1, 0.15) is 0 Å². The summed E-state index contributed by atoms with van der Waals surface area (Å²) in [5.41, 5.74) is 13.7. The molecule has 3 heteroatoms. The molecule has 3 nitrogen and oxygen atoms in total. The van der Waals surface area contributed by atoms with Gasteiger partial charge in [-0.15, -0.1) is 0 Å². The van der Waals surface area contributed by atoms with E-state index in [0.29, 0.717) is 0 Å². The Bertz CT molecular complexity index is 2530. The fourth-order valence-corrected chi connectivity index (χ4v) is 8.88. The molecule has 0 amide bonds. The molecule has 3 heterocycles. The van der Waals surface area contributed by atoms with Gasteiger partial charge < -0.3 is 14.5 Å². The van der Waals surface area contributed by atoms with E-state index in [1.165, 1.54) is 77.7 Å². The Kier molecular flexibility index (Phi) is 5.75. The van der Waals surface area contributed by atoms with Gasteiger partial charge in [-0.3, -0.25) is 0 Å². The van der Waals surface area contributed by atoms with Gasteiger partial charge in [0.15, 0.2) is 0 Å². The molecule has 10 rings (SSSR count). The van der Waals surface area contributed by atoms with E-state index < -0.39 is 0 Å². The normalized spacial score (nSPS) is 17.8. The van der Waals surface area contributed by atoms with E-state index in [9.17, 15) is 0 Å². The highest BCUT2D eigenvalue weighted by Crippen LogP contribution is 2.59. The monoisotopic (exact) mass is 617 g/mol. The number of nitrogens with zero attached hydrogens (tertiary/aromatic N) is 2. The summed E-state index contributed by atoms with van der Waals surface area (Å²) in [7, 11) is 0. The van der Waals surface area contributed by atoms with Crippen LogP contribution in [0.15, 0.2) is 152 Å². The molecule has 2 unspecified atom stereocenters. The topological polar surface area (TPSA) is 24.0 Å². The average Bonchev–Trinajstić information content (AvgIpc) is 3.68. The van der Waals surface area contributed by atoms with Crippen molar-refractivity contribution >= 4 is 50.2 Å². The minimum Gasteiger partial charge on any atom is -0.354 e. The zero-order valence-electron chi connectivity index (χ0n) is 27.1. The molecule has 6 aromatic carbocycles. The standard InChI is InChI=1S/C45H35N3/c1-45(2)35-25-26-37-41(33-17-9-11-19-36(33)46-37)44(35)48(31-15-7-4-8-16-31)40-28-27-39-42(43(40)45)34-18-10-12-20-38(34)47(39)32-23-21-30(22-24-32)29-13-5-3-6-14-29/h3-28,40,43,46H,1-2H3. The van der Waals surface area contributed by atoms with Crippen molar-refractivity contribution in [2.75, 3.05) is 4.90 Å². The first kappa shape index (κ1) is 27.3. The van der Waals surface area contributed by atoms with Gasteiger partial charge in [-0.05, 0) is 70.8 Å². The lowest BCUT2D eigenvalue weighted by molar-refractivity contribution is 0.362. The van der Waals surface area contributed by atoms with E-state index in [2.05, 4.69) is 186 Å². The third-order valence-corrected chi connectivity index (χ3v) is 11.0. The van der Waals surface area contributed by atoms with Gasteiger partial charge in [0.2, 0.25) is 0 Å². The molecule has 2 atom stereocenters. The van der Waals surface area contributed by atoms with Gasteiger partial charge in [0.25, 0.3) is 0 Å². The Labute approximate surface area is 280 Å². The van der Waals surface area contributed by atoms with Crippen LogP contribution in [0.3, 0.4) is 0 Å². The second-order valence-electron chi connectivity index (χ2n) is 13.9. The zero-order valence-corrected chi connectivity index (χ0v) is 27.1. The van der Waals surface area contributed by atoms with Crippen molar-refractivity contribution < 1.29 is 0 Å². The molecule has 2 aliphatic rings. The number of para-hydroxylation sites is 3. The van der Waals surface area contributed by atoms with Crippen molar-refractivity contribution in [1.82, 2.24) is 9.55 Å². The van der Waals surface area contributed by atoms with Gasteiger partial charge in [0, 0.05) is 49.9 Å². The summed E-state index contributed by atoms with van der Waals surface area (Å²) in [6.45, 7) is 4.94. The Morgan fingerprint density at radius 3 is 2.04 bits per heavy atom. The maximum absolute atomic E-state index is 3.73. The van der Waals surface area contributed by atoms with Crippen molar-refractivity contribution in [3.8, 4) is 16.8 Å². The first-order valence-corrected chi connectivity index (χ1v) is 17.0. The van der Waals surface area contributed by atoms with Crippen LogP contribution < -0.4 is 4.90 Å². The number of nitrogens with one attached hydrogen (secondary N) is 1. The lowest BCUT2D eigenvalue weighted by Crippen LogP contribution is -2.49. The van der Waals surface area contributed by atoms with Gasteiger partial charge >= 0.3 is 0 Å². The Morgan fingerprint density at radius 2 is 1.25 bits per heavy atom. The summed E-state index contributed by atoms with van der Waals surface area (Å²) in [6, 6.07) is 53.3. The number of anilines is 2. The molecule has 1 aliphatic carbocycles. The summed E-state index contributed by atoms with van der Waals surface area (Å²) in [4.78, 5) is 6.36. The number of H-pyrrole nitrogens is 1. The molecule has 230 valence electrons. The average molecular weight is 618 g/mol. The van der Waals surface area contributed by atoms with Crippen LogP contribution in [-0.2, 0) is 5.41 Å². The minimum atomic E-state index is -0.163. The third-order valence-electron chi connectivity index (χ3n) is 11.0. The third kappa shape index (κ3) is 3.76. The van der Waals surface area contributed by atoms with Crippen LogP contribution in [0.1, 0.15) is 36.6 Å². The predicted octanol–water partition coefficient (Wildman–Crippen LogP) is 11.5. The summed E-state index contributed by atoms with van der Waals surface area (Å²) < 4.78 is 2.48. The van der Waals surface area contributed by atoms with Gasteiger partial charge in [-0.2, -0.15) is 0 Å². The number of aromatic nitrogens is 2. The van der Waals surface area contributed by atoms with E-state index in [1.807, 2.05) is 0 Å². The second kappa shape index (κ2) is 10.1. The van der Waals surface area contributed by atoms with E-state index >= 15 is 0 Å². The first-order valence-electron chi connectivity index (χ1n) is 17.0. The number of rotatable bonds is 3. The molecule has 0 fully saturated rings. The molecule has 1 N–H and O–H groups in total. The minimum absolute atomic E-state index is 0.126. The number of benzene rings is 6. The fourth-order valence-electron chi connectivity index (χ4n) is 8.88. The van der Waals surface area contributed by atoms with Crippen LogP contribution >= 0.6 is 0 Å². The molecular weight excluding hydrogens is 583 g/mol. The molecule has 8 aromatic rings. The fraction of sp³-hybridized carbons (Fsp3) is 0.111. The van der Waals surface area contributed by atoms with Crippen molar-refractivity contribution in [1.29, 1.82) is 0 Å². The highest BCUT2D eigenvalue weighted by atomic mass is 15.2. The van der Waals surface area contributed by atoms with E-state index in [0.717, 1.165) is 0 Å². The van der Waals surface area contributed by atoms with Crippen LogP contribution in [-0.4, -0.2) is 15.6 Å². The molecule has 0 saturated heterocycles. The molecule has 0 saturated carbocycles. The molecule has 48 heavy (non-hydrogen) atoms. The van der Waals surface area contributed by atoms with Crippen LogP contribution in [0.5, 0.6) is 0 Å². The first-order chi connectivity index (χ1) is 23.6. The molecule has 0 radical (unpaired) electrons. The van der Waals surface area contributed by atoms with Crippen molar-refractivity contribution in [2.45, 2.75) is 31.2 Å². The lowest BCUT2D eigenvalue weighted by atomic mass is 9.61. The lowest BCUT2D eigenvalue weighted by Gasteiger charge is -2.52. The Balaban J connectivity index is 1.23. The largest absolute Gasteiger partial charge is 0.354 e. The molecular formula is C45H35N3. The van der Waals surface area contributed by atoms with E-state index in [4.69, 9.17) is 0 Å². The molecule has 0 spiro atoms. The molecule has 0 bridgehead atoms. The van der Waals surface area contributed by atoms with E-state index in [1.54, 1.807) is 0 Å². The van der Waals surface area contributed by atoms with Gasteiger partial charge in [0.05, 0.1) is 22.9 Å². The van der Waals surface area contributed by atoms with Crippen LogP contribution in [0.2, 0.25) is 0 Å². The maximum atomic E-state index is 3.73. The van der Waals surface area contributed by atoms with Crippen molar-refractivity contribution in [2.24, 2.45) is 0 Å². The van der Waals surface area contributed by atoms with Crippen molar-refractivity contribution in [3.63, 3.8) is 0 Å². The Hall–Kier alpha value is -5.80. The quantitative estimate of drug-likeness (QED) is 0.210. The maximum Gasteiger partial charge on any atom is 0.0604 e. The van der Waals surface area contributed by atoms with Crippen LogP contribution in [0.25, 0.3) is 55.6 Å². The number of hydrogen-bond acceptors (Lipinski definition) is 1. The van der Waals surface area contributed by atoms with Crippen LogP contribution in [0, 0.1) is 0 Å². The second-order valence-corrected chi connectivity index (χ2v) is 13.9. The van der Waals surface area contributed by atoms with Gasteiger partial charge in [-0.1, -0.05) is 123 Å². The zero-order chi connectivity index (χ0) is 32.0. The Morgan fingerprint density at radius 1 is 0.583 bits per heavy atom. The summed E-state index contributed by atoms with van der Waals surface area (Å²) in [5.74, 6) is 0.211. The van der Waals surface area contributed by atoms with Crippen molar-refractivity contribution in [3.05, 3.63) is 168 Å². The SMILES string of the molecule is CC1(C)c2ccc3[nH]c4ccccc4c3c2N(c2ccccc2)C2C=Cc3c(c4ccccc4n3-c3ccc(-c4ccccc4)cc3)C21. The van der Waals surface area contributed by atoms with E-state index in [-0.39, 0.29) is 17.4 Å². The smallest absolute Gasteiger partial charge is 0.0604 e. The number of fused-ring (bicyclic) bond motifs is 10. The molecule has 2 aromatic heterocycles.